The first kappa shape index (κ1) is 22.6. The van der Waals surface area contributed by atoms with Crippen molar-refractivity contribution in [3.8, 4) is 0 Å². The van der Waals surface area contributed by atoms with Gasteiger partial charge in [0.25, 0.3) is 0 Å². The van der Waals surface area contributed by atoms with E-state index in [1.54, 1.807) is 12.1 Å². The van der Waals surface area contributed by atoms with Crippen LogP contribution in [0, 0.1) is 17.7 Å². The molecule has 4 heterocycles. The molecule has 4 saturated heterocycles. The molecule has 4 atom stereocenters. The predicted molar refractivity (Wildman–Crippen MR) is 137 cm³/mol. The summed E-state index contributed by atoms with van der Waals surface area (Å²) in [5, 5.41) is 7.43. The van der Waals surface area contributed by atoms with E-state index in [0.29, 0.717) is 11.2 Å². The molecule has 4 aliphatic rings. The molecule has 2 aromatic rings. The lowest BCUT2D eigenvalue weighted by atomic mass is 9.75. The van der Waals surface area contributed by atoms with Crippen LogP contribution in [0.5, 0.6) is 0 Å². The van der Waals surface area contributed by atoms with E-state index in [0.717, 1.165) is 55.9 Å². The molecule has 4 fully saturated rings. The average Bonchev–Trinajstić information content (AvgIpc) is 2.85. The van der Waals surface area contributed by atoms with E-state index >= 15 is 0 Å². The molecule has 2 aromatic carbocycles. The first-order chi connectivity index (χ1) is 16.1. The van der Waals surface area contributed by atoms with E-state index in [4.69, 9.17) is 12.2 Å². The molecule has 7 heteroatoms. The second kappa shape index (κ2) is 10.4. The van der Waals surface area contributed by atoms with Crippen LogP contribution >= 0.6 is 12.2 Å². The number of hydrogen-bond donors (Lipinski definition) is 2. The zero-order chi connectivity index (χ0) is 22.6. The third-order valence-corrected chi connectivity index (χ3v) is 7.85. The highest BCUT2D eigenvalue weighted by molar-refractivity contribution is 7.80. The van der Waals surface area contributed by atoms with Gasteiger partial charge in [0.1, 0.15) is 5.82 Å². The van der Waals surface area contributed by atoms with E-state index in [1.165, 1.54) is 32.5 Å². The van der Waals surface area contributed by atoms with Crippen LogP contribution in [-0.4, -0.2) is 73.3 Å². The van der Waals surface area contributed by atoms with E-state index in [1.807, 2.05) is 42.5 Å². The molecule has 0 amide bonds. The molecule has 0 aliphatic carbocycles. The SMILES string of the molecule is Fc1ccc(N2CCN(CC3CN4CCC3CC4CNC(=S)Nc3ccccc3)CC2)cc1. The third-order valence-electron chi connectivity index (χ3n) is 7.60. The van der Waals surface area contributed by atoms with Gasteiger partial charge in [-0.2, -0.15) is 0 Å². The number of piperazine rings is 1. The highest BCUT2D eigenvalue weighted by Gasteiger charge is 2.40. The molecule has 5 nitrogen and oxygen atoms in total. The zero-order valence-electron chi connectivity index (χ0n) is 19.1. The first-order valence-electron chi connectivity index (χ1n) is 12.2. The Kier molecular flexibility index (Phi) is 7.09. The van der Waals surface area contributed by atoms with Gasteiger partial charge >= 0.3 is 0 Å². The number of benzene rings is 2. The van der Waals surface area contributed by atoms with Gasteiger partial charge in [0.05, 0.1) is 0 Å². The Morgan fingerprint density at radius 2 is 1.73 bits per heavy atom. The molecule has 4 aliphatic heterocycles. The lowest BCUT2D eigenvalue weighted by Crippen LogP contribution is -2.59. The Bertz CT molecular complexity index is 916. The van der Waals surface area contributed by atoms with Crippen molar-refractivity contribution in [3.63, 3.8) is 0 Å². The van der Waals surface area contributed by atoms with Gasteiger partial charge in [-0.1, -0.05) is 18.2 Å². The van der Waals surface area contributed by atoms with E-state index in [9.17, 15) is 4.39 Å². The van der Waals surface area contributed by atoms with Crippen LogP contribution in [0.1, 0.15) is 12.8 Å². The Morgan fingerprint density at radius 3 is 2.42 bits per heavy atom. The maximum absolute atomic E-state index is 13.2. The molecular weight excluding hydrogens is 433 g/mol. The number of hydrogen-bond acceptors (Lipinski definition) is 4. The highest BCUT2D eigenvalue weighted by atomic mass is 32.1. The van der Waals surface area contributed by atoms with Gasteiger partial charge in [-0.25, -0.2) is 4.39 Å². The Labute approximate surface area is 201 Å². The van der Waals surface area contributed by atoms with Gasteiger partial charge in [0.2, 0.25) is 0 Å². The third kappa shape index (κ3) is 5.65. The Morgan fingerprint density at radius 1 is 0.970 bits per heavy atom. The minimum atomic E-state index is -0.164. The summed E-state index contributed by atoms with van der Waals surface area (Å²) in [6, 6.07) is 17.6. The van der Waals surface area contributed by atoms with E-state index < -0.39 is 0 Å². The molecule has 6 rings (SSSR count). The van der Waals surface area contributed by atoms with Crippen molar-refractivity contribution in [1.82, 2.24) is 15.1 Å². The second-order valence-electron chi connectivity index (χ2n) is 9.66. The topological polar surface area (TPSA) is 33.8 Å². The molecule has 33 heavy (non-hydrogen) atoms. The smallest absolute Gasteiger partial charge is 0.170 e. The Hall–Kier alpha value is -2.22. The first-order valence-corrected chi connectivity index (χ1v) is 12.6. The summed E-state index contributed by atoms with van der Waals surface area (Å²) in [4.78, 5) is 7.69. The summed E-state index contributed by atoms with van der Waals surface area (Å²) < 4.78 is 13.2. The lowest BCUT2D eigenvalue weighted by molar-refractivity contribution is -0.0110. The number of rotatable bonds is 6. The van der Waals surface area contributed by atoms with Crippen LogP contribution in [0.2, 0.25) is 0 Å². The summed E-state index contributed by atoms with van der Waals surface area (Å²) >= 11 is 5.50. The maximum Gasteiger partial charge on any atom is 0.170 e. The molecular formula is C26H34FN5S. The normalized spacial score (nSPS) is 27.4. The standard InChI is InChI=1S/C26H34FN5S/c27-22-6-8-24(9-7-22)31-14-12-30(13-15-31)18-21-19-32-11-10-20(21)16-25(32)17-28-26(33)29-23-4-2-1-3-5-23/h1-9,20-21,25H,10-19H2,(H2,28,29,33). The van der Waals surface area contributed by atoms with Gasteiger partial charge in [-0.05, 0) is 79.8 Å². The number of thiocarbonyl (C=S) groups is 1. The van der Waals surface area contributed by atoms with Crippen molar-refractivity contribution < 1.29 is 4.39 Å². The largest absolute Gasteiger partial charge is 0.369 e. The van der Waals surface area contributed by atoms with Crippen LogP contribution in [0.25, 0.3) is 0 Å². The molecule has 2 bridgehead atoms. The fourth-order valence-corrected chi connectivity index (χ4v) is 5.95. The number of halogens is 1. The van der Waals surface area contributed by atoms with Crippen LogP contribution in [0.3, 0.4) is 0 Å². The fraction of sp³-hybridized carbons (Fsp3) is 0.500. The predicted octanol–water partition coefficient (Wildman–Crippen LogP) is 3.64. The summed E-state index contributed by atoms with van der Waals surface area (Å²) in [6.45, 7) is 8.75. The van der Waals surface area contributed by atoms with Gasteiger partial charge in [-0.3, -0.25) is 9.80 Å². The summed E-state index contributed by atoms with van der Waals surface area (Å²) in [6.07, 6.45) is 2.59. The molecule has 0 radical (unpaired) electrons. The summed E-state index contributed by atoms with van der Waals surface area (Å²) in [7, 11) is 0. The number of para-hydroxylation sites is 1. The van der Waals surface area contributed by atoms with E-state index in [2.05, 4.69) is 25.3 Å². The van der Waals surface area contributed by atoms with Crippen LogP contribution in [0.15, 0.2) is 54.6 Å². The zero-order valence-corrected chi connectivity index (χ0v) is 19.9. The molecule has 0 saturated carbocycles. The van der Waals surface area contributed by atoms with Crippen LogP contribution < -0.4 is 15.5 Å². The van der Waals surface area contributed by atoms with Crippen molar-refractivity contribution in [2.75, 3.05) is 62.6 Å². The summed E-state index contributed by atoms with van der Waals surface area (Å²) in [5.74, 6) is 1.41. The van der Waals surface area contributed by atoms with Crippen molar-refractivity contribution >= 4 is 28.7 Å². The molecule has 0 aromatic heterocycles. The van der Waals surface area contributed by atoms with Gasteiger partial charge < -0.3 is 15.5 Å². The maximum atomic E-state index is 13.2. The number of fused-ring (bicyclic) bond motifs is 3. The monoisotopic (exact) mass is 467 g/mol. The number of piperidine rings is 3. The van der Waals surface area contributed by atoms with Crippen molar-refractivity contribution in [2.45, 2.75) is 18.9 Å². The molecule has 0 spiro atoms. The minimum Gasteiger partial charge on any atom is -0.369 e. The van der Waals surface area contributed by atoms with Gasteiger partial charge in [0.15, 0.2) is 5.11 Å². The quantitative estimate of drug-likeness (QED) is 0.632. The number of anilines is 2. The van der Waals surface area contributed by atoms with Crippen molar-refractivity contribution in [2.24, 2.45) is 11.8 Å². The number of nitrogens with zero attached hydrogens (tertiary/aromatic N) is 3. The van der Waals surface area contributed by atoms with E-state index in [-0.39, 0.29) is 5.82 Å². The summed E-state index contributed by atoms with van der Waals surface area (Å²) in [5.41, 5.74) is 2.16. The fourth-order valence-electron chi connectivity index (χ4n) is 5.75. The highest BCUT2D eigenvalue weighted by Crippen LogP contribution is 2.36. The molecule has 176 valence electrons. The molecule has 4 unspecified atom stereocenters. The van der Waals surface area contributed by atoms with Gasteiger partial charge in [0, 0.05) is 63.2 Å². The molecule has 2 N–H and O–H groups in total. The second-order valence-corrected chi connectivity index (χ2v) is 10.1. The van der Waals surface area contributed by atoms with Gasteiger partial charge in [-0.15, -0.1) is 0 Å². The minimum absolute atomic E-state index is 0.164. The lowest BCUT2D eigenvalue weighted by Gasteiger charge is -2.51. The average molecular weight is 468 g/mol. The van der Waals surface area contributed by atoms with Crippen molar-refractivity contribution in [3.05, 3.63) is 60.4 Å². The van der Waals surface area contributed by atoms with Crippen molar-refractivity contribution in [1.29, 1.82) is 0 Å². The Balaban J connectivity index is 1.06. The van der Waals surface area contributed by atoms with Crippen LogP contribution in [-0.2, 0) is 0 Å². The van der Waals surface area contributed by atoms with Crippen LogP contribution in [0.4, 0.5) is 15.8 Å². The number of nitrogens with one attached hydrogen (secondary N) is 2.